The van der Waals surface area contributed by atoms with Crippen LogP contribution in [0, 0.1) is 0 Å². The summed E-state index contributed by atoms with van der Waals surface area (Å²) in [7, 11) is 1.96. The van der Waals surface area contributed by atoms with Gasteiger partial charge in [-0.3, -0.25) is 0 Å². The van der Waals surface area contributed by atoms with Gasteiger partial charge >= 0.3 is 0 Å². The molecular weight excluding hydrogens is 186 g/mol. The first-order valence-electron chi connectivity index (χ1n) is 5.41. The van der Waals surface area contributed by atoms with E-state index in [2.05, 4.69) is 29.6 Å². The fourth-order valence-corrected chi connectivity index (χ4v) is 1.32. The van der Waals surface area contributed by atoms with Crippen LogP contribution >= 0.6 is 0 Å². The number of rotatable bonds is 6. The summed E-state index contributed by atoms with van der Waals surface area (Å²) in [5, 5.41) is 3.11. The van der Waals surface area contributed by atoms with Gasteiger partial charge in [-0.25, -0.2) is 0 Å². The van der Waals surface area contributed by atoms with E-state index in [1.807, 2.05) is 26.1 Å². The highest BCUT2D eigenvalue weighted by atomic mass is 16.5. The molecule has 82 valence electrons. The number of nitrogens with one attached hydrogen (secondary N) is 1. The lowest BCUT2D eigenvalue weighted by atomic mass is 10.2. The zero-order chi connectivity index (χ0) is 10.9. The zero-order valence-electron chi connectivity index (χ0n) is 9.49. The molecule has 0 radical (unpaired) electrons. The summed E-state index contributed by atoms with van der Waals surface area (Å²) in [5.41, 5.74) is 1.19. The first kappa shape index (κ1) is 11.8. The van der Waals surface area contributed by atoms with Gasteiger partial charge in [-0.2, -0.15) is 0 Å². The topological polar surface area (TPSA) is 21.3 Å². The Kier molecular flexibility index (Phi) is 5.56. The average molecular weight is 205 g/mol. The van der Waals surface area contributed by atoms with E-state index in [1.54, 1.807) is 0 Å². The number of hydrogen-bond donors (Lipinski definition) is 1. The maximum absolute atomic E-state index is 5.43. The first-order valence-corrected chi connectivity index (χ1v) is 5.41. The Morgan fingerprint density at radius 1 is 1.40 bits per heavy atom. The smallest absolute Gasteiger partial charge is 0.119 e. The molecule has 0 amide bonds. The van der Waals surface area contributed by atoms with Crippen molar-refractivity contribution in [2.45, 2.75) is 13.3 Å². The first-order chi connectivity index (χ1) is 7.36. The van der Waals surface area contributed by atoms with E-state index in [4.69, 9.17) is 4.74 Å². The molecule has 0 aliphatic rings. The number of hydrogen-bond acceptors (Lipinski definition) is 2. The van der Waals surface area contributed by atoms with E-state index in [-0.39, 0.29) is 0 Å². The molecule has 0 aliphatic carbocycles. The predicted molar refractivity (Wildman–Crippen MR) is 65.2 cm³/mol. The lowest BCUT2D eigenvalue weighted by Crippen LogP contribution is -2.05. The third kappa shape index (κ3) is 4.66. The van der Waals surface area contributed by atoms with Crippen molar-refractivity contribution < 1.29 is 4.74 Å². The summed E-state index contributed by atoms with van der Waals surface area (Å²) in [6.07, 6.45) is 5.34. The second-order valence-electron chi connectivity index (χ2n) is 3.30. The summed E-state index contributed by atoms with van der Waals surface area (Å²) < 4.78 is 5.43. The molecule has 15 heavy (non-hydrogen) atoms. The second-order valence-corrected chi connectivity index (χ2v) is 3.30. The fraction of sp³-hybridized carbons (Fsp3) is 0.385. The highest BCUT2D eigenvalue weighted by Gasteiger charge is 1.92. The van der Waals surface area contributed by atoms with Gasteiger partial charge in [0.25, 0.3) is 0 Å². The monoisotopic (exact) mass is 205 g/mol. The normalized spacial score (nSPS) is 10.8. The molecule has 1 rings (SSSR count). The van der Waals surface area contributed by atoms with Gasteiger partial charge < -0.3 is 10.1 Å². The molecule has 0 fully saturated rings. The van der Waals surface area contributed by atoms with Crippen LogP contribution in [0.1, 0.15) is 18.9 Å². The van der Waals surface area contributed by atoms with Crippen molar-refractivity contribution in [2.75, 3.05) is 20.2 Å². The summed E-state index contributed by atoms with van der Waals surface area (Å²) in [5.74, 6) is 0.938. The minimum absolute atomic E-state index is 0.715. The van der Waals surface area contributed by atoms with Crippen molar-refractivity contribution in [3.63, 3.8) is 0 Å². The van der Waals surface area contributed by atoms with Gasteiger partial charge in [0, 0.05) is 0 Å². The summed E-state index contributed by atoms with van der Waals surface area (Å²) in [6, 6.07) is 8.13. The molecule has 1 N–H and O–H groups in total. The van der Waals surface area contributed by atoms with Gasteiger partial charge in [0.15, 0.2) is 0 Å². The Morgan fingerprint density at radius 3 is 3.00 bits per heavy atom. The second kappa shape index (κ2) is 7.07. The van der Waals surface area contributed by atoms with Crippen molar-refractivity contribution in [2.24, 2.45) is 0 Å². The quantitative estimate of drug-likeness (QED) is 0.721. The molecule has 0 saturated heterocycles. The van der Waals surface area contributed by atoms with Gasteiger partial charge in [-0.1, -0.05) is 24.3 Å². The van der Waals surface area contributed by atoms with Crippen molar-refractivity contribution in [1.29, 1.82) is 0 Å². The van der Waals surface area contributed by atoms with Crippen LogP contribution in [0.5, 0.6) is 5.75 Å². The van der Waals surface area contributed by atoms with Gasteiger partial charge in [0.1, 0.15) is 5.75 Å². The van der Waals surface area contributed by atoms with Gasteiger partial charge in [-0.05, 0) is 44.6 Å². The summed E-state index contributed by atoms with van der Waals surface area (Å²) >= 11 is 0. The molecule has 0 bridgehead atoms. The molecular formula is C13H19NO. The van der Waals surface area contributed by atoms with E-state index >= 15 is 0 Å². The van der Waals surface area contributed by atoms with Gasteiger partial charge in [-0.15, -0.1) is 0 Å². The molecule has 1 aromatic carbocycles. The van der Waals surface area contributed by atoms with Crippen LogP contribution in [0.2, 0.25) is 0 Å². The highest BCUT2D eigenvalue weighted by molar-refractivity contribution is 5.51. The fourth-order valence-electron chi connectivity index (χ4n) is 1.32. The Balaban J connectivity index is 2.53. The molecule has 0 aromatic heterocycles. The van der Waals surface area contributed by atoms with Crippen molar-refractivity contribution in [3.05, 3.63) is 35.9 Å². The standard InChI is InChI=1S/C13H19NO/c1-3-15-13-9-6-8-12(11-13)7-4-5-10-14-2/h4,6-9,11,14H,3,5,10H2,1-2H3. The van der Waals surface area contributed by atoms with Crippen LogP contribution in [0.15, 0.2) is 30.3 Å². The molecule has 1 aromatic rings. The molecule has 0 spiro atoms. The van der Waals surface area contributed by atoms with Crippen LogP contribution in [0.25, 0.3) is 6.08 Å². The van der Waals surface area contributed by atoms with Crippen LogP contribution in [0.3, 0.4) is 0 Å². The molecule has 2 nitrogen and oxygen atoms in total. The minimum atomic E-state index is 0.715. The Labute approximate surface area is 92.0 Å². The molecule has 2 heteroatoms. The van der Waals surface area contributed by atoms with E-state index in [0.29, 0.717) is 6.61 Å². The lowest BCUT2D eigenvalue weighted by molar-refractivity contribution is 0.340. The Bertz CT molecular complexity index is 307. The van der Waals surface area contributed by atoms with Gasteiger partial charge in [0.2, 0.25) is 0 Å². The number of benzene rings is 1. The predicted octanol–water partition coefficient (Wildman–Crippen LogP) is 2.71. The van der Waals surface area contributed by atoms with E-state index in [0.717, 1.165) is 18.7 Å². The summed E-state index contributed by atoms with van der Waals surface area (Å²) in [6.45, 7) is 3.73. The Morgan fingerprint density at radius 2 is 2.27 bits per heavy atom. The molecule has 0 saturated carbocycles. The highest BCUT2D eigenvalue weighted by Crippen LogP contribution is 2.14. The van der Waals surface area contributed by atoms with Crippen molar-refractivity contribution in [1.82, 2.24) is 5.32 Å². The maximum Gasteiger partial charge on any atom is 0.119 e. The lowest BCUT2D eigenvalue weighted by Gasteiger charge is -2.02. The molecule has 0 aliphatic heterocycles. The largest absolute Gasteiger partial charge is 0.494 e. The van der Waals surface area contributed by atoms with E-state index < -0.39 is 0 Å². The molecule has 0 unspecified atom stereocenters. The minimum Gasteiger partial charge on any atom is -0.494 e. The maximum atomic E-state index is 5.43. The van der Waals surface area contributed by atoms with Gasteiger partial charge in [0.05, 0.1) is 6.61 Å². The number of ether oxygens (including phenoxy) is 1. The Hall–Kier alpha value is -1.28. The third-order valence-corrected chi connectivity index (χ3v) is 2.04. The van der Waals surface area contributed by atoms with Crippen LogP contribution in [0.4, 0.5) is 0 Å². The summed E-state index contributed by atoms with van der Waals surface area (Å²) in [4.78, 5) is 0. The third-order valence-electron chi connectivity index (χ3n) is 2.04. The molecule has 0 atom stereocenters. The zero-order valence-corrected chi connectivity index (χ0v) is 9.49. The SMILES string of the molecule is CCOc1cccc(C=CCCNC)c1. The van der Waals surface area contributed by atoms with Crippen LogP contribution in [-0.2, 0) is 0 Å². The van der Waals surface area contributed by atoms with Crippen molar-refractivity contribution >= 4 is 6.08 Å². The van der Waals surface area contributed by atoms with E-state index in [9.17, 15) is 0 Å². The van der Waals surface area contributed by atoms with E-state index in [1.165, 1.54) is 5.56 Å². The van der Waals surface area contributed by atoms with Crippen LogP contribution < -0.4 is 10.1 Å². The molecule has 0 heterocycles. The average Bonchev–Trinajstić information content (AvgIpc) is 2.26. The van der Waals surface area contributed by atoms with Crippen molar-refractivity contribution in [3.8, 4) is 5.75 Å². The van der Waals surface area contributed by atoms with Crippen LogP contribution in [-0.4, -0.2) is 20.2 Å².